The summed E-state index contributed by atoms with van der Waals surface area (Å²) in [6.45, 7) is 4.35. The van der Waals surface area contributed by atoms with E-state index < -0.39 is 6.04 Å². The first kappa shape index (κ1) is 18.7. The lowest BCUT2D eigenvalue weighted by molar-refractivity contribution is -0.122. The van der Waals surface area contributed by atoms with Gasteiger partial charge in [-0.3, -0.25) is 9.59 Å². The molecule has 0 aliphatic carbocycles. The SMILES string of the molecule is CCCC(=O)Nc1ccc(CNC(=O)C(N)c2ccc(C)cc2)cc1. The van der Waals surface area contributed by atoms with E-state index in [1.807, 2.05) is 62.4 Å². The highest BCUT2D eigenvalue weighted by Gasteiger charge is 2.15. The first-order valence-electron chi connectivity index (χ1n) is 8.48. The predicted octanol–water partition coefficient (Wildman–Crippen LogP) is 3.05. The Morgan fingerprint density at radius 3 is 2.28 bits per heavy atom. The zero-order chi connectivity index (χ0) is 18.2. The average Bonchev–Trinajstić information content (AvgIpc) is 2.61. The number of rotatable bonds is 7. The van der Waals surface area contributed by atoms with Crippen LogP contribution in [-0.2, 0) is 16.1 Å². The molecule has 2 amide bonds. The number of hydrogen-bond donors (Lipinski definition) is 3. The Kier molecular flexibility index (Phi) is 6.71. The summed E-state index contributed by atoms with van der Waals surface area (Å²) in [5, 5.41) is 5.67. The van der Waals surface area contributed by atoms with Gasteiger partial charge in [0.05, 0.1) is 0 Å². The first-order chi connectivity index (χ1) is 12.0. The molecule has 0 bridgehead atoms. The molecule has 25 heavy (non-hydrogen) atoms. The van der Waals surface area contributed by atoms with E-state index in [0.29, 0.717) is 13.0 Å². The lowest BCUT2D eigenvalue weighted by Gasteiger charge is -2.13. The van der Waals surface area contributed by atoms with Gasteiger partial charge in [0.1, 0.15) is 6.04 Å². The highest BCUT2D eigenvalue weighted by Crippen LogP contribution is 2.13. The van der Waals surface area contributed by atoms with E-state index in [4.69, 9.17) is 5.73 Å². The molecule has 5 nitrogen and oxygen atoms in total. The van der Waals surface area contributed by atoms with Crippen molar-refractivity contribution in [2.45, 2.75) is 39.3 Å². The van der Waals surface area contributed by atoms with Crippen LogP contribution in [0.3, 0.4) is 0 Å². The van der Waals surface area contributed by atoms with Crippen molar-refractivity contribution in [2.75, 3.05) is 5.32 Å². The summed E-state index contributed by atoms with van der Waals surface area (Å²) in [7, 11) is 0. The molecule has 2 aromatic rings. The van der Waals surface area contributed by atoms with Gasteiger partial charge in [-0.05, 0) is 36.6 Å². The molecule has 132 valence electrons. The summed E-state index contributed by atoms with van der Waals surface area (Å²) in [6.07, 6.45) is 1.33. The van der Waals surface area contributed by atoms with E-state index in [0.717, 1.165) is 28.8 Å². The van der Waals surface area contributed by atoms with Gasteiger partial charge in [0.2, 0.25) is 11.8 Å². The summed E-state index contributed by atoms with van der Waals surface area (Å²) in [5.41, 5.74) is 9.61. The van der Waals surface area contributed by atoms with Crippen LogP contribution in [0, 0.1) is 6.92 Å². The molecule has 0 saturated carbocycles. The summed E-state index contributed by atoms with van der Waals surface area (Å²) in [5.74, 6) is -0.211. The Balaban J connectivity index is 1.86. The molecular weight excluding hydrogens is 314 g/mol. The fourth-order valence-corrected chi connectivity index (χ4v) is 2.38. The third kappa shape index (κ3) is 5.72. The standard InChI is InChI=1S/C20H25N3O2/c1-3-4-18(24)23-17-11-7-15(8-12-17)13-22-20(25)19(21)16-9-5-14(2)6-10-16/h5-12,19H,3-4,13,21H2,1-2H3,(H,22,25)(H,23,24). The third-order valence-corrected chi connectivity index (χ3v) is 3.90. The second-order valence-corrected chi connectivity index (χ2v) is 6.10. The van der Waals surface area contributed by atoms with Crippen LogP contribution in [0.1, 0.15) is 42.5 Å². The quantitative estimate of drug-likeness (QED) is 0.725. The molecule has 0 saturated heterocycles. The minimum absolute atomic E-state index is 0.00706. The Morgan fingerprint density at radius 1 is 1.04 bits per heavy atom. The molecule has 0 aliphatic rings. The lowest BCUT2D eigenvalue weighted by atomic mass is 10.1. The molecule has 0 aromatic heterocycles. The zero-order valence-corrected chi connectivity index (χ0v) is 14.7. The molecule has 0 fully saturated rings. The van der Waals surface area contributed by atoms with E-state index in [1.165, 1.54) is 0 Å². The van der Waals surface area contributed by atoms with Crippen molar-refractivity contribution >= 4 is 17.5 Å². The molecule has 0 radical (unpaired) electrons. The van der Waals surface area contributed by atoms with E-state index in [-0.39, 0.29) is 11.8 Å². The Morgan fingerprint density at radius 2 is 1.68 bits per heavy atom. The van der Waals surface area contributed by atoms with Crippen LogP contribution in [-0.4, -0.2) is 11.8 Å². The fourth-order valence-electron chi connectivity index (χ4n) is 2.38. The number of nitrogens with two attached hydrogens (primary N) is 1. The molecule has 1 unspecified atom stereocenters. The number of aryl methyl sites for hydroxylation is 1. The summed E-state index contributed by atoms with van der Waals surface area (Å²) < 4.78 is 0. The Hall–Kier alpha value is -2.66. The van der Waals surface area contributed by atoms with Crippen molar-refractivity contribution in [1.82, 2.24) is 5.32 Å². The van der Waals surface area contributed by atoms with Crippen molar-refractivity contribution in [3.8, 4) is 0 Å². The summed E-state index contributed by atoms with van der Waals surface area (Å²) in [6, 6.07) is 14.3. The van der Waals surface area contributed by atoms with Crippen molar-refractivity contribution in [1.29, 1.82) is 0 Å². The molecule has 1 atom stereocenters. The van der Waals surface area contributed by atoms with Gasteiger partial charge in [-0.2, -0.15) is 0 Å². The molecule has 0 heterocycles. The Bertz CT molecular complexity index is 709. The van der Waals surface area contributed by atoms with E-state index in [2.05, 4.69) is 10.6 Å². The average molecular weight is 339 g/mol. The van der Waals surface area contributed by atoms with Crippen molar-refractivity contribution in [3.05, 3.63) is 65.2 Å². The predicted molar refractivity (Wildman–Crippen MR) is 99.9 cm³/mol. The van der Waals surface area contributed by atoms with Crippen molar-refractivity contribution in [2.24, 2.45) is 5.73 Å². The van der Waals surface area contributed by atoms with Gasteiger partial charge in [0.15, 0.2) is 0 Å². The van der Waals surface area contributed by atoms with Gasteiger partial charge in [-0.15, -0.1) is 0 Å². The second kappa shape index (κ2) is 8.99. The van der Waals surface area contributed by atoms with Crippen molar-refractivity contribution < 1.29 is 9.59 Å². The van der Waals surface area contributed by atoms with Gasteiger partial charge in [0, 0.05) is 18.7 Å². The smallest absolute Gasteiger partial charge is 0.241 e. The van der Waals surface area contributed by atoms with Gasteiger partial charge in [0.25, 0.3) is 0 Å². The van der Waals surface area contributed by atoms with Crippen LogP contribution in [0.5, 0.6) is 0 Å². The normalized spacial score (nSPS) is 11.6. The van der Waals surface area contributed by atoms with Crippen molar-refractivity contribution in [3.63, 3.8) is 0 Å². The maximum atomic E-state index is 12.2. The number of carbonyl (C=O) groups is 2. The van der Waals surface area contributed by atoms with Crippen LogP contribution in [0.4, 0.5) is 5.69 Å². The highest BCUT2D eigenvalue weighted by molar-refractivity contribution is 5.90. The van der Waals surface area contributed by atoms with Crippen LogP contribution in [0.25, 0.3) is 0 Å². The van der Waals surface area contributed by atoms with E-state index in [1.54, 1.807) is 0 Å². The monoisotopic (exact) mass is 339 g/mol. The van der Waals surface area contributed by atoms with Crippen LogP contribution >= 0.6 is 0 Å². The topological polar surface area (TPSA) is 84.2 Å². The molecular formula is C20H25N3O2. The highest BCUT2D eigenvalue weighted by atomic mass is 16.2. The minimum atomic E-state index is -0.687. The van der Waals surface area contributed by atoms with E-state index >= 15 is 0 Å². The molecule has 4 N–H and O–H groups in total. The third-order valence-electron chi connectivity index (χ3n) is 3.90. The molecule has 0 spiro atoms. The van der Waals surface area contributed by atoms with Gasteiger partial charge in [-0.25, -0.2) is 0 Å². The lowest BCUT2D eigenvalue weighted by Crippen LogP contribution is -2.33. The maximum Gasteiger partial charge on any atom is 0.241 e. The summed E-state index contributed by atoms with van der Waals surface area (Å²) >= 11 is 0. The molecule has 2 rings (SSSR count). The number of anilines is 1. The fraction of sp³-hybridized carbons (Fsp3) is 0.300. The molecule has 2 aromatic carbocycles. The van der Waals surface area contributed by atoms with E-state index in [9.17, 15) is 9.59 Å². The van der Waals surface area contributed by atoms with Crippen LogP contribution < -0.4 is 16.4 Å². The van der Waals surface area contributed by atoms with Crippen LogP contribution in [0.15, 0.2) is 48.5 Å². The minimum Gasteiger partial charge on any atom is -0.350 e. The number of hydrogen-bond acceptors (Lipinski definition) is 3. The van der Waals surface area contributed by atoms with Gasteiger partial charge in [-0.1, -0.05) is 48.9 Å². The number of nitrogens with one attached hydrogen (secondary N) is 2. The van der Waals surface area contributed by atoms with Gasteiger partial charge >= 0.3 is 0 Å². The Labute approximate surface area is 148 Å². The largest absolute Gasteiger partial charge is 0.350 e. The zero-order valence-electron chi connectivity index (χ0n) is 14.7. The number of carbonyl (C=O) groups excluding carboxylic acids is 2. The first-order valence-corrected chi connectivity index (χ1v) is 8.48. The van der Waals surface area contributed by atoms with Crippen LogP contribution in [0.2, 0.25) is 0 Å². The molecule has 0 aliphatic heterocycles. The number of benzene rings is 2. The summed E-state index contributed by atoms with van der Waals surface area (Å²) in [4.78, 5) is 23.8. The number of amides is 2. The maximum absolute atomic E-state index is 12.2. The second-order valence-electron chi connectivity index (χ2n) is 6.10. The molecule has 5 heteroatoms. The van der Waals surface area contributed by atoms with Gasteiger partial charge < -0.3 is 16.4 Å².